The fourth-order valence-corrected chi connectivity index (χ4v) is 4.28. The molecule has 4 aromatic rings. The summed E-state index contributed by atoms with van der Waals surface area (Å²) < 4.78 is 66.3. The number of alkyl halides is 3. The van der Waals surface area contributed by atoms with Crippen LogP contribution in [0.4, 0.5) is 18.9 Å². The van der Waals surface area contributed by atoms with Gasteiger partial charge in [0, 0.05) is 24.7 Å². The summed E-state index contributed by atoms with van der Waals surface area (Å²) in [5.74, 6) is 0. The molecule has 10 heteroatoms. The molecule has 0 bridgehead atoms. The van der Waals surface area contributed by atoms with Crippen LogP contribution in [0, 0.1) is 0 Å². The molecule has 4 rings (SSSR count). The Morgan fingerprint density at radius 1 is 0.818 bits per heavy atom. The Labute approximate surface area is 188 Å². The van der Waals surface area contributed by atoms with E-state index in [4.69, 9.17) is 0 Å². The Balaban J connectivity index is 1.55. The zero-order chi connectivity index (χ0) is 23.5. The predicted molar refractivity (Wildman–Crippen MR) is 119 cm³/mol. The van der Waals surface area contributed by atoms with Gasteiger partial charge in [-0.05, 0) is 48.5 Å². The highest BCUT2D eigenvalue weighted by molar-refractivity contribution is 7.92. The molecule has 0 saturated heterocycles. The SMILES string of the molecule is O=S(=O)(Nc1cccc2ccc(CNCc3ccccn3)nc12)c1ccc(C(F)(F)F)cc1. The van der Waals surface area contributed by atoms with Gasteiger partial charge in [0.2, 0.25) is 0 Å². The van der Waals surface area contributed by atoms with Gasteiger partial charge < -0.3 is 5.32 Å². The third kappa shape index (κ3) is 5.47. The summed E-state index contributed by atoms with van der Waals surface area (Å²) in [5.41, 5.74) is 1.32. The maximum Gasteiger partial charge on any atom is 0.416 e. The minimum atomic E-state index is -4.55. The monoisotopic (exact) mass is 472 g/mol. The minimum absolute atomic E-state index is 0.235. The maximum absolute atomic E-state index is 12.8. The van der Waals surface area contributed by atoms with Gasteiger partial charge in [-0.3, -0.25) is 9.71 Å². The molecule has 0 saturated carbocycles. The van der Waals surface area contributed by atoms with Gasteiger partial charge in [0.15, 0.2) is 0 Å². The lowest BCUT2D eigenvalue weighted by molar-refractivity contribution is -0.137. The van der Waals surface area contributed by atoms with E-state index in [-0.39, 0.29) is 10.6 Å². The first-order chi connectivity index (χ1) is 15.7. The van der Waals surface area contributed by atoms with Crippen molar-refractivity contribution >= 4 is 26.6 Å². The van der Waals surface area contributed by atoms with Crippen LogP contribution in [-0.4, -0.2) is 18.4 Å². The molecule has 2 N–H and O–H groups in total. The van der Waals surface area contributed by atoms with Crippen molar-refractivity contribution in [3.63, 3.8) is 0 Å². The molecular weight excluding hydrogens is 453 g/mol. The first kappa shape index (κ1) is 22.7. The summed E-state index contributed by atoms with van der Waals surface area (Å²) in [7, 11) is -4.11. The third-order valence-electron chi connectivity index (χ3n) is 4.85. The third-order valence-corrected chi connectivity index (χ3v) is 6.23. The number of nitrogens with one attached hydrogen (secondary N) is 2. The summed E-state index contributed by atoms with van der Waals surface area (Å²) in [6, 6.07) is 17.6. The molecule has 2 aromatic heterocycles. The molecule has 0 fully saturated rings. The molecule has 0 atom stereocenters. The average Bonchev–Trinajstić information content (AvgIpc) is 2.79. The van der Waals surface area contributed by atoms with Crippen LogP contribution in [0.1, 0.15) is 17.0 Å². The van der Waals surface area contributed by atoms with Crippen molar-refractivity contribution < 1.29 is 21.6 Å². The van der Waals surface area contributed by atoms with Gasteiger partial charge in [0.25, 0.3) is 10.0 Å². The summed E-state index contributed by atoms with van der Waals surface area (Å²) in [6.45, 7) is 0.981. The number of sulfonamides is 1. The molecule has 0 aliphatic heterocycles. The standard InChI is InChI=1S/C23H19F3N4O2S/c24-23(25,26)17-8-11-20(12-9-17)33(31,32)30-21-6-3-4-16-7-10-19(29-22(16)21)15-27-14-18-5-1-2-13-28-18/h1-13,27,30H,14-15H2. The second-order valence-corrected chi connectivity index (χ2v) is 8.91. The van der Waals surface area contributed by atoms with Crippen molar-refractivity contribution in [1.29, 1.82) is 0 Å². The van der Waals surface area contributed by atoms with E-state index < -0.39 is 21.8 Å². The molecule has 0 amide bonds. The van der Waals surface area contributed by atoms with E-state index in [0.29, 0.717) is 24.3 Å². The van der Waals surface area contributed by atoms with Crippen LogP contribution in [0.25, 0.3) is 10.9 Å². The zero-order valence-corrected chi connectivity index (χ0v) is 18.0. The molecule has 0 aliphatic carbocycles. The van der Waals surface area contributed by atoms with E-state index in [0.717, 1.165) is 35.3 Å². The fraction of sp³-hybridized carbons (Fsp3) is 0.130. The highest BCUT2D eigenvalue weighted by Crippen LogP contribution is 2.30. The smallest absolute Gasteiger partial charge is 0.306 e. The van der Waals surface area contributed by atoms with Crippen molar-refractivity contribution in [3.05, 3.63) is 95.9 Å². The molecule has 33 heavy (non-hydrogen) atoms. The molecule has 6 nitrogen and oxygen atoms in total. The predicted octanol–water partition coefficient (Wildman–Crippen LogP) is 4.74. The topological polar surface area (TPSA) is 84.0 Å². The number of aromatic nitrogens is 2. The largest absolute Gasteiger partial charge is 0.416 e. The summed E-state index contributed by atoms with van der Waals surface area (Å²) in [6.07, 6.45) is -2.84. The Kier molecular flexibility index (Phi) is 6.30. The van der Waals surface area contributed by atoms with Crippen LogP contribution >= 0.6 is 0 Å². The van der Waals surface area contributed by atoms with Crippen molar-refractivity contribution in [2.45, 2.75) is 24.2 Å². The first-order valence-corrected chi connectivity index (χ1v) is 11.4. The fourth-order valence-electron chi connectivity index (χ4n) is 3.22. The Morgan fingerprint density at radius 3 is 2.27 bits per heavy atom. The second kappa shape index (κ2) is 9.16. The molecule has 2 heterocycles. The molecule has 170 valence electrons. The minimum Gasteiger partial charge on any atom is -0.306 e. The average molecular weight is 472 g/mol. The first-order valence-electron chi connectivity index (χ1n) is 9.92. The Morgan fingerprint density at radius 2 is 1.58 bits per heavy atom. The van der Waals surface area contributed by atoms with Crippen LogP contribution in [0.3, 0.4) is 0 Å². The number of hydrogen-bond donors (Lipinski definition) is 2. The van der Waals surface area contributed by atoms with Crippen LogP contribution in [0.2, 0.25) is 0 Å². The van der Waals surface area contributed by atoms with Crippen LogP contribution < -0.4 is 10.0 Å². The van der Waals surface area contributed by atoms with Gasteiger partial charge in [0.05, 0.1) is 33.1 Å². The normalized spacial score (nSPS) is 12.1. The molecular formula is C23H19F3N4O2S. The quantitative estimate of drug-likeness (QED) is 0.406. The van der Waals surface area contributed by atoms with Crippen LogP contribution in [0.5, 0.6) is 0 Å². The highest BCUT2D eigenvalue weighted by Gasteiger charge is 2.30. The lowest BCUT2D eigenvalue weighted by atomic mass is 10.2. The Hall–Kier alpha value is -3.50. The van der Waals surface area contributed by atoms with E-state index in [1.54, 1.807) is 24.4 Å². The summed E-state index contributed by atoms with van der Waals surface area (Å²) >= 11 is 0. The number of para-hydroxylation sites is 1. The van der Waals surface area contributed by atoms with Crippen LogP contribution in [-0.2, 0) is 29.3 Å². The number of benzene rings is 2. The van der Waals surface area contributed by atoms with E-state index in [1.807, 2.05) is 30.3 Å². The number of pyridine rings is 2. The van der Waals surface area contributed by atoms with Gasteiger partial charge in [-0.25, -0.2) is 13.4 Å². The molecule has 0 radical (unpaired) electrons. The highest BCUT2D eigenvalue weighted by atomic mass is 32.2. The maximum atomic E-state index is 12.8. The van der Waals surface area contributed by atoms with Gasteiger partial charge in [-0.15, -0.1) is 0 Å². The van der Waals surface area contributed by atoms with Gasteiger partial charge >= 0.3 is 6.18 Å². The number of halogens is 3. The molecule has 2 aromatic carbocycles. The number of anilines is 1. The van der Waals surface area contributed by atoms with Crippen LogP contribution in [0.15, 0.2) is 83.9 Å². The van der Waals surface area contributed by atoms with E-state index in [9.17, 15) is 21.6 Å². The second-order valence-electron chi connectivity index (χ2n) is 7.23. The number of fused-ring (bicyclic) bond motifs is 1. The number of hydrogen-bond acceptors (Lipinski definition) is 5. The van der Waals surface area contributed by atoms with E-state index in [2.05, 4.69) is 20.0 Å². The number of nitrogens with zero attached hydrogens (tertiary/aromatic N) is 2. The van der Waals surface area contributed by atoms with Crippen molar-refractivity contribution in [3.8, 4) is 0 Å². The van der Waals surface area contributed by atoms with Crippen molar-refractivity contribution in [2.75, 3.05) is 4.72 Å². The molecule has 0 spiro atoms. The zero-order valence-electron chi connectivity index (χ0n) is 17.2. The van der Waals surface area contributed by atoms with Gasteiger partial charge in [-0.2, -0.15) is 13.2 Å². The van der Waals surface area contributed by atoms with E-state index in [1.165, 1.54) is 0 Å². The molecule has 0 aliphatic rings. The lowest BCUT2D eigenvalue weighted by Crippen LogP contribution is -2.15. The van der Waals surface area contributed by atoms with Crippen molar-refractivity contribution in [1.82, 2.24) is 15.3 Å². The summed E-state index contributed by atoms with van der Waals surface area (Å²) in [5, 5.41) is 3.96. The van der Waals surface area contributed by atoms with Gasteiger partial charge in [-0.1, -0.05) is 24.3 Å². The Bertz CT molecular complexity index is 1360. The van der Waals surface area contributed by atoms with Gasteiger partial charge in [0.1, 0.15) is 0 Å². The van der Waals surface area contributed by atoms with E-state index >= 15 is 0 Å². The number of rotatable bonds is 7. The molecule has 0 unspecified atom stereocenters. The summed E-state index contributed by atoms with van der Waals surface area (Å²) in [4.78, 5) is 8.53. The lowest BCUT2D eigenvalue weighted by Gasteiger charge is -2.12. The van der Waals surface area contributed by atoms with Crippen molar-refractivity contribution in [2.24, 2.45) is 0 Å².